The van der Waals surface area contributed by atoms with E-state index in [2.05, 4.69) is 0 Å². The van der Waals surface area contributed by atoms with Crippen LogP contribution in [0.3, 0.4) is 0 Å². The first-order valence-corrected chi connectivity index (χ1v) is 6.50. The van der Waals surface area contributed by atoms with E-state index in [1.807, 2.05) is 17.5 Å². The van der Waals surface area contributed by atoms with Crippen molar-refractivity contribution in [3.05, 3.63) is 51.2 Å². The van der Waals surface area contributed by atoms with Gasteiger partial charge in [-0.25, -0.2) is 0 Å². The van der Waals surface area contributed by atoms with Crippen LogP contribution in [0, 0.1) is 0 Å². The van der Waals surface area contributed by atoms with Gasteiger partial charge in [0.05, 0.1) is 13.2 Å². The lowest BCUT2D eigenvalue weighted by molar-refractivity contribution is 0.175. The lowest BCUT2D eigenvalue weighted by Crippen LogP contribution is -2.03. The van der Waals surface area contributed by atoms with Crippen LogP contribution in [0.15, 0.2) is 35.7 Å². The number of hydrogen-bond donors (Lipinski definition) is 1. The molecule has 17 heavy (non-hydrogen) atoms. The fourth-order valence-electron chi connectivity index (χ4n) is 1.69. The van der Waals surface area contributed by atoms with Gasteiger partial charge in [0.25, 0.3) is 0 Å². The SMILES string of the molecule is COc1ccc(Cl)cc1C(O)Cc1cccs1. The van der Waals surface area contributed by atoms with E-state index in [0.717, 1.165) is 10.4 Å². The Labute approximate surface area is 109 Å². The molecule has 1 N–H and O–H groups in total. The van der Waals surface area contributed by atoms with Gasteiger partial charge in [-0.15, -0.1) is 11.3 Å². The van der Waals surface area contributed by atoms with E-state index >= 15 is 0 Å². The largest absolute Gasteiger partial charge is 0.496 e. The van der Waals surface area contributed by atoms with E-state index in [-0.39, 0.29) is 0 Å². The van der Waals surface area contributed by atoms with Crippen molar-refractivity contribution >= 4 is 22.9 Å². The van der Waals surface area contributed by atoms with Crippen molar-refractivity contribution in [2.75, 3.05) is 7.11 Å². The molecule has 2 nitrogen and oxygen atoms in total. The van der Waals surface area contributed by atoms with Crippen molar-refractivity contribution in [1.82, 2.24) is 0 Å². The second-order valence-electron chi connectivity index (χ2n) is 3.69. The molecule has 1 atom stereocenters. The Hall–Kier alpha value is -1.03. The lowest BCUT2D eigenvalue weighted by Gasteiger charge is -2.14. The quantitative estimate of drug-likeness (QED) is 0.916. The molecule has 0 amide bonds. The highest BCUT2D eigenvalue weighted by Crippen LogP contribution is 2.30. The number of aliphatic hydroxyl groups excluding tert-OH is 1. The highest BCUT2D eigenvalue weighted by molar-refractivity contribution is 7.09. The first-order chi connectivity index (χ1) is 8.20. The van der Waals surface area contributed by atoms with Gasteiger partial charge in [-0.2, -0.15) is 0 Å². The Kier molecular flexibility index (Phi) is 4.05. The Bertz CT molecular complexity index is 482. The summed E-state index contributed by atoms with van der Waals surface area (Å²) in [4.78, 5) is 1.14. The van der Waals surface area contributed by atoms with Gasteiger partial charge in [-0.1, -0.05) is 17.7 Å². The van der Waals surface area contributed by atoms with Crippen LogP contribution >= 0.6 is 22.9 Å². The molecule has 90 valence electrons. The molecule has 2 rings (SSSR count). The van der Waals surface area contributed by atoms with Crippen LogP contribution in [-0.4, -0.2) is 12.2 Å². The van der Waals surface area contributed by atoms with Gasteiger partial charge in [0.2, 0.25) is 0 Å². The molecule has 1 unspecified atom stereocenters. The number of halogens is 1. The molecule has 0 spiro atoms. The maximum Gasteiger partial charge on any atom is 0.124 e. The monoisotopic (exact) mass is 268 g/mol. The van der Waals surface area contributed by atoms with Crippen molar-refractivity contribution in [2.24, 2.45) is 0 Å². The van der Waals surface area contributed by atoms with Crippen LogP contribution in [0.5, 0.6) is 5.75 Å². The first-order valence-electron chi connectivity index (χ1n) is 5.24. The van der Waals surface area contributed by atoms with E-state index in [9.17, 15) is 5.11 Å². The second kappa shape index (κ2) is 5.54. The third-order valence-corrected chi connectivity index (χ3v) is 3.66. The van der Waals surface area contributed by atoms with Crippen molar-refractivity contribution in [3.63, 3.8) is 0 Å². The number of methoxy groups -OCH3 is 1. The molecule has 0 aliphatic heterocycles. The summed E-state index contributed by atoms with van der Waals surface area (Å²) in [7, 11) is 1.59. The molecule has 1 aromatic carbocycles. The summed E-state index contributed by atoms with van der Waals surface area (Å²) in [5.74, 6) is 0.665. The van der Waals surface area contributed by atoms with Gasteiger partial charge in [0, 0.05) is 21.9 Å². The van der Waals surface area contributed by atoms with Crippen LogP contribution in [0.1, 0.15) is 16.5 Å². The number of ether oxygens (including phenoxy) is 1. The summed E-state index contributed by atoms with van der Waals surface area (Å²) in [5.41, 5.74) is 0.730. The molecule has 0 fully saturated rings. The number of rotatable bonds is 4. The summed E-state index contributed by atoms with van der Waals surface area (Å²) in [6.45, 7) is 0. The van der Waals surface area contributed by atoms with Crippen LogP contribution in [0.4, 0.5) is 0 Å². The average molecular weight is 269 g/mol. The summed E-state index contributed by atoms with van der Waals surface area (Å²) in [5, 5.41) is 12.8. The molecule has 0 aliphatic carbocycles. The highest BCUT2D eigenvalue weighted by Gasteiger charge is 2.14. The van der Waals surface area contributed by atoms with Crippen LogP contribution in [-0.2, 0) is 6.42 Å². The predicted molar refractivity (Wildman–Crippen MR) is 71.0 cm³/mol. The molecule has 2 aromatic rings. The van der Waals surface area contributed by atoms with E-state index in [1.165, 1.54) is 0 Å². The van der Waals surface area contributed by atoms with Crippen molar-refractivity contribution < 1.29 is 9.84 Å². The molecule has 0 aliphatic rings. The summed E-state index contributed by atoms with van der Waals surface area (Å²) in [6.07, 6.45) is -0.0173. The maximum absolute atomic E-state index is 10.2. The Morgan fingerprint density at radius 1 is 1.41 bits per heavy atom. The Morgan fingerprint density at radius 3 is 2.88 bits per heavy atom. The molecule has 1 aromatic heterocycles. The van der Waals surface area contributed by atoms with Gasteiger partial charge in [-0.3, -0.25) is 0 Å². The van der Waals surface area contributed by atoms with E-state index in [4.69, 9.17) is 16.3 Å². The molecule has 0 radical (unpaired) electrons. The van der Waals surface area contributed by atoms with Gasteiger partial charge < -0.3 is 9.84 Å². The standard InChI is InChI=1S/C13H13ClO2S/c1-16-13-5-4-9(14)7-11(13)12(15)8-10-3-2-6-17-10/h2-7,12,15H,8H2,1H3. The minimum absolute atomic E-state index is 0.578. The van der Waals surface area contributed by atoms with Gasteiger partial charge in [0.15, 0.2) is 0 Å². The summed E-state index contributed by atoms with van der Waals surface area (Å²) >= 11 is 7.57. The van der Waals surface area contributed by atoms with Crippen molar-refractivity contribution in [2.45, 2.75) is 12.5 Å². The molecular formula is C13H13ClO2S. The highest BCUT2D eigenvalue weighted by atomic mass is 35.5. The average Bonchev–Trinajstić information content (AvgIpc) is 2.81. The van der Waals surface area contributed by atoms with E-state index in [1.54, 1.807) is 36.6 Å². The van der Waals surface area contributed by atoms with Crippen LogP contribution in [0.25, 0.3) is 0 Å². The smallest absolute Gasteiger partial charge is 0.124 e. The molecule has 1 heterocycles. The first kappa shape index (κ1) is 12.4. The minimum Gasteiger partial charge on any atom is -0.496 e. The topological polar surface area (TPSA) is 29.5 Å². The van der Waals surface area contributed by atoms with Gasteiger partial charge in [0.1, 0.15) is 5.75 Å². The number of hydrogen-bond acceptors (Lipinski definition) is 3. The third kappa shape index (κ3) is 3.00. The minimum atomic E-state index is -0.595. The van der Waals surface area contributed by atoms with E-state index < -0.39 is 6.10 Å². The predicted octanol–water partition coefficient (Wildman–Crippen LogP) is 3.69. The molecular weight excluding hydrogens is 256 g/mol. The molecule has 0 saturated carbocycles. The van der Waals surface area contributed by atoms with E-state index in [0.29, 0.717) is 17.2 Å². The van der Waals surface area contributed by atoms with Crippen LogP contribution in [0.2, 0.25) is 5.02 Å². The number of thiophene rings is 1. The molecule has 4 heteroatoms. The Morgan fingerprint density at radius 2 is 2.24 bits per heavy atom. The maximum atomic E-state index is 10.2. The van der Waals surface area contributed by atoms with Crippen molar-refractivity contribution in [3.8, 4) is 5.75 Å². The van der Waals surface area contributed by atoms with Crippen LogP contribution < -0.4 is 4.74 Å². The number of benzene rings is 1. The fraction of sp³-hybridized carbons (Fsp3) is 0.231. The van der Waals surface area contributed by atoms with Crippen molar-refractivity contribution in [1.29, 1.82) is 0 Å². The molecule has 0 bridgehead atoms. The zero-order chi connectivity index (χ0) is 12.3. The number of aliphatic hydroxyl groups is 1. The summed E-state index contributed by atoms with van der Waals surface area (Å²) < 4.78 is 5.23. The van der Waals surface area contributed by atoms with Gasteiger partial charge >= 0.3 is 0 Å². The normalized spacial score (nSPS) is 12.4. The fourth-order valence-corrected chi connectivity index (χ4v) is 2.62. The zero-order valence-electron chi connectivity index (χ0n) is 9.39. The zero-order valence-corrected chi connectivity index (χ0v) is 11.0. The van der Waals surface area contributed by atoms with Gasteiger partial charge in [-0.05, 0) is 29.6 Å². The molecule has 0 saturated heterocycles. The third-order valence-electron chi connectivity index (χ3n) is 2.53. The Balaban J connectivity index is 2.23. The lowest BCUT2D eigenvalue weighted by atomic mass is 10.0. The summed E-state index contributed by atoms with van der Waals surface area (Å²) in [6, 6.07) is 9.25. The second-order valence-corrected chi connectivity index (χ2v) is 5.15.